The Morgan fingerprint density at radius 3 is 2.56 bits per heavy atom. The van der Waals surface area contributed by atoms with Crippen LogP contribution in [0.1, 0.15) is 24.3 Å². The fourth-order valence-electron chi connectivity index (χ4n) is 2.27. The first kappa shape index (κ1) is 11.5. The van der Waals surface area contributed by atoms with Crippen LogP contribution in [0.25, 0.3) is 16.2 Å². The number of hydrogen-bond acceptors (Lipinski definition) is 2. The first-order chi connectivity index (χ1) is 8.83. The van der Waals surface area contributed by atoms with Crippen LogP contribution in [0.5, 0.6) is 0 Å². The molecule has 0 aliphatic rings. The summed E-state index contributed by atoms with van der Waals surface area (Å²) in [7, 11) is 0. The molecule has 2 heterocycles. The number of aryl methyl sites for hydroxylation is 2. The lowest BCUT2D eigenvalue weighted by molar-refractivity contribution is 1.12. The summed E-state index contributed by atoms with van der Waals surface area (Å²) < 4.78 is 2.20. The Bertz CT molecular complexity index is 661. The van der Waals surface area contributed by atoms with Gasteiger partial charge in [0.2, 0.25) is 0 Å². The molecular weight excluding hydrogens is 240 g/mol. The molecular formula is C15H16N2S. The van der Waals surface area contributed by atoms with Crippen LogP contribution in [0.15, 0.2) is 36.7 Å². The molecule has 0 saturated carbocycles. The quantitative estimate of drug-likeness (QED) is 0.687. The molecule has 3 heteroatoms. The van der Waals surface area contributed by atoms with E-state index >= 15 is 0 Å². The van der Waals surface area contributed by atoms with Crippen molar-refractivity contribution in [1.82, 2.24) is 9.38 Å². The maximum Gasteiger partial charge on any atom is 0.194 e. The van der Waals surface area contributed by atoms with E-state index in [0.717, 1.165) is 17.8 Å². The summed E-state index contributed by atoms with van der Waals surface area (Å²) in [5, 5.41) is 0. The molecule has 0 radical (unpaired) electrons. The molecule has 0 atom stereocenters. The highest BCUT2D eigenvalue weighted by atomic mass is 32.1. The van der Waals surface area contributed by atoms with Gasteiger partial charge >= 0.3 is 0 Å². The molecule has 18 heavy (non-hydrogen) atoms. The van der Waals surface area contributed by atoms with Gasteiger partial charge in [-0.15, -0.1) is 11.3 Å². The van der Waals surface area contributed by atoms with Crippen molar-refractivity contribution < 1.29 is 0 Å². The topological polar surface area (TPSA) is 17.3 Å². The summed E-state index contributed by atoms with van der Waals surface area (Å²) in [6.07, 6.45) is 6.06. The molecule has 1 aromatic carbocycles. The molecule has 0 amide bonds. The second-order valence-corrected chi connectivity index (χ2v) is 5.42. The molecule has 0 bridgehead atoms. The Labute approximate surface area is 111 Å². The Kier molecular flexibility index (Phi) is 2.92. The van der Waals surface area contributed by atoms with Gasteiger partial charge in [0.05, 0.1) is 5.69 Å². The van der Waals surface area contributed by atoms with Gasteiger partial charge in [0.1, 0.15) is 0 Å². The standard InChI is InChI=1S/C15H16N2S/c1-3-11-5-7-12(8-6-11)14-13(4-2)18-15-16-9-10-17(14)15/h5-10H,3-4H2,1-2H3. The third-order valence-electron chi connectivity index (χ3n) is 3.28. The van der Waals surface area contributed by atoms with Gasteiger partial charge in [-0.2, -0.15) is 0 Å². The molecule has 92 valence electrons. The molecule has 3 rings (SSSR count). The van der Waals surface area contributed by atoms with E-state index in [1.807, 2.05) is 12.4 Å². The smallest absolute Gasteiger partial charge is 0.194 e. The van der Waals surface area contributed by atoms with Crippen molar-refractivity contribution in [2.75, 3.05) is 0 Å². The minimum Gasteiger partial charge on any atom is -0.290 e. The summed E-state index contributed by atoms with van der Waals surface area (Å²) >= 11 is 1.79. The third-order valence-corrected chi connectivity index (χ3v) is 4.50. The van der Waals surface area contributed by atoms with Crippen molar-refractivity contribution in [2.45, 2.75) is 26.7 Å². The zero-order valence-corrected chi connectivity index (χ0v) is 11.5. The van der Waals surface area contributed by atoms with Crippen LogP contribution in [-0.2, 0) is 12.8 Å². The second kappa shape index (κ2) is 4.58. The van der Waals surface area contributed by atoms with Crippen LogP contribution in [0.4, 0.5) is 0 Å². The highest BCUT2D eigenvalue weighted by molar-refractivity contribution is 7.17. The SMILES string of the molecule is CCc1ccc(-c2c(CC)sc3nccn23)cc1. The minimum absolute atomic E-state index is 1.05. The molecule has 0 aliphatic heterocycles. The lowest BCUT2D eigenvalue weighted by atomic mass is 10.1. The molecule has 0 N–H and O–H groups in total. The molecule has 0 unspecified atom stereocenters. The fraction of sp³-hybridized carbons (Fsp3) is 0.267. The van der Waals surface area contributed by atoms with Crippen LogP contribution < -0.4 is 0 Å². The van der Waals surface area contributed by atoms with Gasteiger partial charge in [-0.05, 0) is 24.0 Å². The maximum absolute atomic E-state index is 4.39. The van der Waals surface area contributed by atoms with Crippen molar-refractivity contribution >= 4 is 16.3 Å². The van der Waals surface area contributed by atoms with Crippen LogP contribution in [0.2, 0.25) is 0 Å². The maximum atomic E-state index is 4.39. The average Bonchev–Trinajstić information content (AvgIpc) is 2.98. The second-order valence-electron chi connectivity index (χ2n) is 4.36. The highest BCUT2D eigenvalue weighted by Gasteiger charge is 2.12. The molecule has 0 saturated heterocycles. The van der Waals surface area contributed by atoms with E-state index in [1.54, 1.807) is 11.3 Å². The number of imidazole rings is 1. The predicted molar refractivity (Wildman–Crippen MR) is 77.3 cm³/mol. The van der Waals surface area contributed by atoms with Gasteiger partial charge in [-0.25, -0.2) is 4.98 Å². The van der Waals surface area contributed by atoms with Crippen LogP contribution in [0.3, 0.4) is 0 Å². The Balaban J connectivity index is 2.18. The van der Waals surface area contributed by atoms with Crippen LogP contribution in [0, 0.1) is 0 Å². The number of hydrogen-bond donors (Lipinski definition) is 0. The van der Waals surface area contributed by atoms with Crippen LogP contribution in [-0.4, -0.2) is 9.38 Å². The normalized spacial score (nSPS) is 11.2. The molecule has 2 aromatic heterocycles. The van der Waals surface area contributed by atoms with Gasteiger partial charge in [0.15, 0.2) is 4.96 Å². The van der Waals surface area contributed by atoms with Gasteiger partial charge in [0.25, 0.3) is 0 Å². The lowest BCUT2D eigenvalue weighted by Gasteiger charge is -2.04. The van der Waals surface area contributed by atoms with Crippen LogP contribution >= 0.6 is 11.3 Å². The van der Waals surface area contributed by atoms with Gasteiger partial charge < -0.3 is 0 Å². The predicted octanol–water partition coefficient (Wildman–Crippen LogP) is 4.19. The molecule has 0 spiro atoms. The summed E-state index contributed by atoms with van der Waals surface area (Å²) in [5.41, 5.74) is 3.97. The number of fused-ring (bicyclic) bond motifs is 1. The molecule has 2 nitrogen and oxygen atoms in total. The number of benzene rings is 1. The first-order valence-electron chi connectivity index (χ1n) is 6.37. The Hall–Kier alpha value is -1.61. The first-order valence-corrected chi connectivity index (χ1v) is 7.19. The van der Waals surface area contributed by atoms with Crippen molar-refractivity contribution in [2.24, 2.45) is 0 Å². The summed E-state index contributed by atoms with van der Waals surface area (Å²) in [4.78, 5) is 6.88. The number of aromatic nitrogens is 2. The van der Waals surface area contributed by atoms with E-state index in [-0.39, 0.29) is 0 Å². The average molecular weight is 256 g/mol. The monoisotopic (exact) mass is 256 g/mol. The van der Waals surface area contributed by atoms with Crippen molar-refractivity contribution in [1.29, 1.82) is 0 Å². The Morgan fingerprint density at radius 1 is 1.11 bits per heavy atom. The van der Waals surface area contributed by atoms with Gasteiger partial charge in [0, 0.05) is 17.3 Å². The van der Waals surface area contributed by atoms with E-state index < -0.39 is 0 Å². The van der Waals surface area contributed by atoms with E-state index in [0.29, 0.717) is 0 Å². The number of rotatable bonds is 3. The van der Waals surface area contributed by atoms with E-state index in [4.69, 9.17) is 0 Å². The van der Waals surface area contributed by atoms with E-state index in [9.17, 15) is 0 Å². The summed E-state index contributed by atoms with van der Waals surface area (Å²) in [6.45, 7) is 4.39. The highest BCUT2D eigenvalue weighted by Crippen LogP contribution is 2.31. The zero-order chi connectivity index (χ0) is 12.5. The van der Waals surface area contributed by atoms with E-state index in [2.05, 4.69) is 47.5 Å². The Morgan fingerprint density at radius 2 is 1.89 bits per heavy atom. The van der Waals surface area contributed by atoms with Crippen molar-refractivity contribution in [3.05, 3.63) is 47.1 Å². The van der Waals surface area contributed by atoms with E-state index in [1.165, 1.54) is 21.7 Å². The zero-order valence-electron chi connectivity index (χ0n) is 10.7. The van der Waals surface area contributed by atoms with Gasteiger partial charge in [-0.3, -0.25) is 4.40 Å². The van der Waals surface area contributed by atoms with Crippen molar-refractivity contribution in [3.8, 4) is 11.3 Å². The van der Waals surface area contributed by atoms with Crippen molar-refractivity contribution in [3.63, 3.8) is 0 Å². The number of thiazole rings is 1. The largest absolute Gasteiger partial charge is 0.290 e. The molecule has 0 fully saturated rings. The summed E-state index contributed by atoms with van der Waals surface area (Å²) in [5.74, 6) is 0. The molecule has 0 aliphatic carbocycles. The molecule has 3 aromatic rings. The number of nitrogens with zero attached hydrogens (tertiary/aromatic N) is 2. The minimum atomic E-state index is 1.05. The fourth-order valence-corrected chi connectivity index (χ4v) is 3.31. The third kappa shape index (κ3) is 1.75. The summed E-state index contributed by atoms with van der Waals surface area (Å²) in [6, 6.07) is 8.88. The van der Waals surface area contributed by atoms with Gasteiger partial charge in [-0.1, -0.05) is 38.1 Å². The lowest BCUT2D eigenvalue weighted by Crippen LogP contribution is -1.89.